The lowest BCUT2D eigenvalue weighted by atomic mass is 9.55. The van der Waals surface area contributed by atoms with E-state index < -0.39 is 12.0 Å². The lowest BCUT2D eigenvalue weighted by molar-refractivity contribution is -0.133. The molecule has 1 amide bonds. The molecular formula is C24H25F2N3O. The molecule has 30 heavy (non-hydrogen) atoms. The van der Waals surface area contributed by atoms with Gasteiger partial charge in [-0.15, -0.1) is 0 Å². The zero-order valence-electron chi connectivity index (χ0n) is 17.0. The number of halogens is 2. The van der Waals surface area contributed by atoms with Gasteiger partial charge in [-0.1, -0.05) is 42.8 Å². The van der Waals surface area contributed by atoms with Crippen LogP contribution in [0.3, 0.4) is 0 Å². The molecule has 2 N–H and O–H groups in total. The molecule has 4 nitrogen and oxygen atoms in total. The molecule has 2 aliphatic carbocycles. The van der Waals surface area contributed by atoms with Crippen LogP contribution in [-0.4, -0.2) is 30.2 Å². The Morgan fingerprint density at radius 1 is 1.17 bits per heavy atom. The number of benzene rings is 2. The smallest absolute Gasteiger partial charge is 0.261 e. The number of hydrogen-bond acceptors (Lipinski definition) is 3. The Morgan fingerprint density at radius 3 is 2.57 bits per heavy atom. The zero-order valence-corrected chi connectivity index (χ0v) is 17.0. The monoisotopic (exact) mass is 409 g/mol. The largest absolute Gasteiger partial charge is 0.369 e. The Bertz CT molecular complexity index is 1060. The molecule has 2 spiro atoms. The van der Waals surface area contributed by atoms with Gasteiger partial charge in [-0.25, -0.2) is 13.8 Å². The molecule has 0 saturated heterocycles. The molecule has 0 radical (unpaired) electrons. The van der Waals surface area contributed by atoms with E-state index in [4.69, 9.17) is 10.7 Å². The number of alkyl halides is 2. The second-order valence-electron chi connectivity index (χ2n) is 9.07. The summed E-state index contributed by atoms with van der Waals surface area (Å²) in [6, 6.07) is 13.4. The van der Waals surface area contributed by atoms with Gasteiger partial charge < -0.3 is 5.73 Å². The van der Waals surface area contributed by atoms with Crippen molar-refractivity contribution in [3.63, 3.8) is 0 Å². The fourth-order valence-corrected chi connectivity index (χ4v) is 5.48. The van der Waals surface area contributed by atoms with E-state index in [9.17, 15) is 13.6 Å². The number of guanidine groups is 1. The molecule has 5 rings (SSSR count). The SMILES string of the molecule is CN1C(=O)C2(CC3(CCC3)Cc3ccc(-c4cccc(CC(F)F)c4)cc32)N=C1N. The molecule has 0 bridgehead atoms. The number of nitrogens with two attached hydrogens (primary N) is 1. The van der Waals surface area contributed by atoms with Crippen molar-refractivity contribution in [2.24, 2.45) is 16.1 Å². The lowest BCUT2D eigenvalue weighted by Gasteiger charge is -2.50. The van der Waals surface area contributed by atoms with Gasteiger partial charge in [-0.3, -0.25) is 9.69 Å². The van der Waals surface area contributed by atoms with Gasteiger partial charge in [-0.05, 0) is 65.0 Å². The minimum absolute atomic E-state index is 0.0733. The first kappa shape index (κ1) is 19.2. The minimum Gasteiger partial charge on any atom is -0.369 e. The fourth-order valence-electron chi connectivity index (χ4n) is 5.48. The normalized spacial score (nSPS) is 24.3. The number of carbonyl (C=O) groups is 1. The predicted molar refractivity (Wildman–Crippen MR) is 112 cm³/mol. The second kappa shape index (κ2) is 6.62. The third-order valence-electron chi connectivity index (χ3n) is 7.12. The highest BCUT2D eigenvalue weighted by atomic mass is 19.3. The molecule has 156 valence electrons. The maximum Gasteiger partial charge on any atom is 0.261 e. The number of carbonyl (C=O) groups excluding carboxylic acids is 1. The summed E-state index contributed by atoms with van der Waals surface area (Å²) >= 11 is 0. The van der Waals surface area contributed by atoms with Gasteiger partial charge >= 0.3 is 0 Å². The standard InChI is InChI=1S/C24H25F2N3O/c1-29-21(30)24(28-22(29)27)14-23(8-3-9-23)13-18-7-6-17(12-19(18)24)16-5-2-4-15(10-16)11-20(25)26/h2,4-7,10,12,20H,3,8-9,11,13-14H2,1H3,(H2,27,28). The highest BCUT2D eigenvalue weighted by Crippen LogP contribution is 2.58. The molecule has 6 heteroatoms. The maximum atomic E-state index is 13.4. The van der Waals surface area contributed by atoms with Gasteiger partial charge in [0.05, 0.1) is 0 Å². The van der Waals surface area contributed by atoms with Gasteiger partial charge in [0, 0.05) is 13.5 Å². The number of nitrogens with zero attached hydrogens (tertiary/aromatic N) is 2. The van der Waals surface area contributed by atoms with E-state index in [2.05, 4.69) is 6.07 Å². The average Bonchev–Trinajstić information content (AvgIpc) is 2.90. The number of rotatable bonds is 3. The lowest BCUT2D eigenvalue weighted by Crippen LogP contribution is -2.49. The van der Waals surface area contributed by atoms with E-state index in [1.807, 2.05) is 18.2 Å². The van der Waals surface area contributed by atoms with Gasteiger partial charge in [-0.2, -0.15) is 0 Å². The average molecular weight is 409 g/mol. The van der Waals surface area contributed by atoms with Gasteiger partial charge in [0.25, 0.3) is 5.91 Å². The van der Waals surface area contributed by atoms with Gasteiger partial charge in [0.15, 0.2) is 11.5 Å². The van der Waals surface area contributed by atoms with Crippen LogP contribution in [0.25, 0.3) is 11.1 Å². The van der Waals surface area contributed by atoms with Crippen LogP contribution in [0.15, 0.2) is 47.5 Å². The van der Waals surface area contributed by atoms with Crippen LogP contribution in [0.4, 0.5) is 8.78 Å². The maximum absolute atomic E-state index is 13.4. The van der Waals surface area contributed by atoms with E-state index in [0.29, 0.717) is 12.0 Å². The quantitative estimate of drug-likeness (QED) is 0.824. The van der Waals surface area contributed by atoms with Crippen molar-refractivity contribution >= 4 is 11.9 Å². The summed E-state index contributed by atoms with van der Waals surface area (Å²) in [5.74, 6) is 0.183. The van der Waals surface area contributed by atoms with E-state index in [1.165, 1.54) is 11.3 Å². The second-order valence-corrected chi connectivity index (χ2v) is 9.07. The number of amides is 1. The molecule has 1 atom stereocenters. The van der Waals surface area contributed by atoms with Crippen molar-refractivity contribution in [3.8, 4) is 11.1 Å². The molecule has 0 aromatic heterocycles. The van der Waals surface area contributed by atoms with Crippen LogP contribution in [0.5, 0.6) is 0 Å². The molecule has 2 aromatic carbocycles. The topological polar surface area (TPSA) is 58.7 Å². The van der Waals surface area contributed by atoms with E-state index in [1.54, 1.807) is 25.2 Å². The van der Waals surface area contributed by atoms with Crippen LogP contribution < -0.4 is 5.73 Å². The third-order valence-corrected chi connectivity index (χ3v) is 7.12. The number of aliphatic imine (C=N–C) groups is 1. The number of hydrogen-bond donors (Lipinski definition) is 1. The van der Waals surface area contributed by atoms with E-state index in [0.717, 1.165) is 41.5 Å². The number of likely N-dealkylation sites (N-methyl/N-ethyl adjacent to an activating group) is 1. The summed E-state index contributed by atoms with van der Waals surface area (Å²) < 4.78 is 25.7. The first-order valence-electron chi connectivity index (χ1n) is 10.5. The van der Waals surface area contributed by atoms with Gasteiger partial charge in [0.1, 0.15) is 0 Å². The van der Waals surface area contributed by atoms with Crippen molar-refractivity contribution in [1.82, 2.24) is 4.90 Å². The summed E-state index contributed by atoms with van der Waals surface area (Å²) in [7, 11) is 1.68. The molecule has 1 aliphatic heterocycles. The Balaban J connectivity index is 1.62. The molecule has 2 aromatic rings. The zero-order chi connectivity index (χ0) is 21.1. The minimum atomic E-state index is -2.38. The summed E-state index contributed by atoms with van der Waals surface area (Å²) in [4.78, 5) is 19.5. The van der Waals surface area contributed by atoms with Crippen molar-refractivity contribution in [2.45, 2.75) is 50.5 Å². The first-order valence-corrected chi connectivity index (χ1v) is 10.5. The van der Waals surface area contributed by atoms with Crippen molar-refractivity contribution in [3.05, 3.63) is 59.2 Å². The van der Waals surface area contributed by atoms with Crippen molar-refractivity contribution in [2.75, 3.05) is 7.05 Å². The predicted octanol–water partition coefficient (Wildman–Crippen LogP) is 4.26. The molecule has 1 unspecified atom stereocenters. The molecule has 1 heterocycles. The van der Waals surface area contributed by atoms with Crippen LogP contribution in [0, 0.1) is 5.41 Å². The Kier molecular flexibility index (Phi) is 4.24. The Hall–Kier alpha value is -2.76. The first-order chi connectivity index (χ1) is 14.3. The van der Waals surface area contributed by atoms with Crippen molar-refractivity contribution < 1.29 is 13.6 Å². The molecule has 1 saturated carbocycles. The highest BCUT2D eigenvalue weighted by Gasteiger charge is 2.57. The van der Waals surface area contributed by atoms with Crippen LogP contribution in [0.2, 0.25) is 0 Å². The fraction of sp³-hybridized carbons (Fsp3) is 0.417. The summed E-state index contributed by atoms with van der Waals surface area (Å²) in [5.41, 5.74) is 9.66. The summed E-state index contributed by atoms with van der Waals surface area (Å²) in [6.07, 6.45) is 2.39. The van der Waals surface area contributed by atoms with E-state index in [-0.39, 0.29) is 23.7 Å². The number of fused-ring (bicyclic) bond motifs is 2. The highest BCUT2D eigenvalue weighted by molar-refractivity contribution is 6.07. The van der Waals surface area contributed by atoms with E-state index >= 15 is 0 Å². The summed E-state index contributed by atoms with van der Waals surface area (Å²) in [6.45, 7) is 0. The Labute approximate surface area is 174 Å². The molecule has 3 aliphatic rings. The molecular weight excluding hydrogens is 384 g/mol. The van der Waals surface area contributed by atoms with Crippen LogP contribution in [-0.2, 0) is 23.2 Å². The molecule has 1 fully saturated rings. The third kappa shape index (κ3) is 2.84. The summed E-state index contributed by atoms with van der Waals surface area (Å²) in [5, 5.41) is 0. The van der Waals surface area contributed by atoms with Crippen LogP contribution in [0.1, 0.15) is 42.4 Å². The van der Waals surface area contributed by atoms with Crippen molar-refractivity contribution in [1.29, 1.82) is 0 Å². The van der Waals surface area contributed by atoms with Gasteiger partial charge in [0.2, 0.25) is 6.43 Å². The van der Waals surface area contributed by atoms with Crippen LogP contribution >= 0.6 is 0 Å². The Morgan fingerprint density at radius 2 is 1.93 bits per heavy atom.